The fourth-order valence-corrected chi connectivity index (χ4v) is 3.59. The van der Waals surface area contributed by atoms with Crippen LogP contribution in [0.3, 0.4) is 0 Å². The number of rotatable bonds is 5. The summed E-state index contributed by atoms with van der Waals surface area (Å²) in [6, 6.07) is 10.9. The zero-order chi connectivity index (χ0) is 15.4. The topological polar surface area (TPSA) is 41.1 Å². The van der Waals surface area contributed by atoms with Crippen LogP contribution < -0.4 is 10.2 Å². The van der Waals surface area contributed by atoms with Crippen LogP contribution in [0.25, 0.3) is 0 Å². The number of aromatic nitrogens is 2. The molecule has 1 aromatic heterocycles. The van der Waals surface area contributed by atoms with Gasteiger partial charge in [-0.3, -0.25) is 0 Å². The SMILES string of the molecule is CC(C)Cc1nsc(N2CCCC(Nc3ccccc3)C2)n1. The average Bonchev–Trinajstić information content (AvgIpc) is 2.96. The van der Waals surface area contributed by atoms with E-state index in [0.717, 1.165) is 30.5 Å². The van der Waals surface area contributed by atoms with Gasteiger partial charge in [0.25, 0.3) is 0 Å². The summed E-state index contributed by atoms with van der Waals surface area (Å²) in [5, 5.41) is 4.71. The Labute approximate surface area is 136 Å². The minimum Gasteiger partial charge on any atom is -0.381 e. The van der Waals surface area contributed by atoms with E-state index in [9.17, 15) is 0 Å². The van der Waals surface area contributed by atoms with Crippen LogP contribution in [-0.2, 0) is 6.42 Å². The molecule has 4 nitrogen and oxygen atoms in total. The highest BCUT2D eigenvalue weighted by Crippen LogP contribution is 2.24. The van der Waals surface area contributed by atoms with Crippen LogP contribution in [0, 0.1) is 5.92 Å². The van der Waals surface area contributed by atoms with E-state index in [1.54, 1.807) is 11.5 Å². The summed E-state index contributed by atoms with van der Waals surface area (Å²) in [5.74, 6) is 1.60. The molecule has 1 saturated heterocycles. The molecule has 22 heavy (non-hydrogen) atoms. The maximum Gasteiger partial charge on any atom is 0.205 e. The van der Waals surface area contributed by atoms with Gasteiger partial charge >= 0.3 is 0 Å². The molecule has 1 fully saturated rings. The van der Waals surface area contributed by atoms with Crippen LogP contribution in [0.1, 0.15) is 32.5 Å². The lowest BCUT2D eigenvalue weighted by molar-refractivity contribution is 0.528. The lowest BCUT2D eigenvalue weighted by Crippen LogP contribution is -2.42. The van der Waals surface area contributed by atoms with Crippen LogP contribution in [0.5, 0.6) is 0 Å². The summed E-state index contributed by atoms with van der Waals surface area (Å²) >= 11 is 1.54. The molecule has 0 amide bonds. The van der Waals surface area contributed by atoms with Gasteiger partial charge in [-0.25, -0.2) is 4.98 Å². The Kier molecular flexibility index (Phi) is 4.93. The second-order valence-corrected chi connectivity index (χ2v) is 7.12. The first-order chi connectivity index (χ1) is 10.7. The second-order valence-electron chi connectivity index (χ2n) is 6.39. The summed E-state index contributed by atoms with van der Waals surface area (Å²) in [4.78, 5) is 7.10. The van der Waals surface area contributed by atoms with E-state index in [1.807, 2.05) is 0 Å². The highest BCUT2D eigenvalue weighted by atomic mass is 32.1. The summed E-state index contributed by atoms with van der Waals surface area (Å²) < 4.78 is 4.51. The first-order valence-electron chi connectivity index (χ1n) is 8.10. The maximum absolute atomic E-state index is 4.72. The van der Waals surface area contributed by atoms with Gasteiger partial charge in [0.05, 0.1) is 0 Å². The molecule has 5 heteroatoms. The summed E-state index contributed by atoms with van der Waals surface area (Å²) in [5.41, 5.74) is 1.20. The van der Waals surface area contributed by atoms with Gasteiger partial charge in [0.15, 0.2) is 0 Å². The Morgan fingerprint density at radius 3 is 2.91 bits per heavy atom. The van der Waals surface area contributed by atoms with Gasteiger partial charge in [-0.1, -0.05) is 32.0 Å². The van der Waals surface area contributed by atoms with Crippen molar-refractivity contribution in [1.29, 1.82) is 0 Å². The van der Waals surface area contributed by atoms with Gasteiger partial charge in [-0.15, -0.1) is 0 Å². The van der Waals surface area contributed by atoms with Crippen molar-refractivity contribution in [2.24, 2.45) is 5.92 Å². The Balaban J connectivity index is 1.61. The highest BCUT2D eigenvalue weighted by molar-refractivity contribution is 7.09. The molecule has 1 N–H and O–H groups in total. The van der Waals surface area contributed by atoms with E-state index < -0.39 is 0 Å². The predicted octanol–water partition coefficient (Wildman–Crippen LogP) is 3.82. The highest BCUT2D eigenvalue weighted by Gasteiger charge is 2.22. The molecule has 2 aromatic rings. The van der Waals surface area contributed by atoms with Crippen molar-refractivity contribution < 1.29 is 0 Å². The van der Waals surface area contributed by atoms with Gasteiger partial charge in [0.1, 0.15) is 5.82 Å². The van der Waals surface area contributed by atoms with Gasteiger partial charge < -0.3 is 10.2 Å². The minimum absolute atomic E-state index is 0.480. The molecule has 1 aliphatic rings. The Hall–Kier alpha value is -1.62. The molecule has 118 valence electrons. The zero-order valence-electron chi connectivity index (χ0n) is 13.3. The molecule has 0 spiro atoms. The van der Waals surface area contributed by atoms with Crippen LogP contribution in [0.2, 0.25) is 0 Å². The van der Waals surface area contributed by atoms with Gasteiger partial charge in [0, 0.05) is 42.8 Å². The number of benzene rings is 1. The van der Waals surface area contributed by atoms with Gasteiger partial charge in [-0.2, -0.15) is 4.37 Å². The van der Waals surface area contributed by atoms with E-state index in [2.05, 4.69) is 58.8 Å². The summed E-state index contributed by atoms with van der Waals surface area (Å²) in [7, 11) is 0. The van der Waals surface area contributed by atoms with E-state index in [-0.39, 0.29) is 0 Å². The number of para-hydroxylation sites is 1. The van der Waals surface area contributed by atoms with Crippen LogP contribution >= 0.6 is 11.5 Å². The predicted molar refractivity (Wildman–Crippen MR) is 93.8 cm³/mol. The Morgan fingerprint density at radius 1 is 1.32 bits per heavy atom. The number of hydrogen-bond donors (Lipinski definition) is 1. The molecule has 0 saturated carbocycles. The molecule has 2 heterocycles. The normalized spacial score (nSPS) is 18.7. The van der Waals surface area contributed by atoms with Crippen molar-refractivity contribution in [2.75, 3.05) is 23.3 Å². The van der Waals surface area contributed by atoms with E-state index in [4.69, 9.17) is 4.98 Å². The van der Waals surface area contributed by atoms with Gasteiger partial charge in [-0.05, 0) is 30.9 Å². The average molecular weight is 316 g/mol. The lowest BCUT2D eigenvalue weighted by Gasteiger charge is -2.33. The molecule has 0 aliphatic carbocycles. The molecule has 0 bridgehead atoms. The first-order valence-corrected chi connectivity index (χ1v) is 8.87. The molecule has 3 rings (SSSR count). The number of anilines is 2. The van der Waals surface area contributed by atoms with Crippen LogP contribution in [0.15, 0.2) is 30.3 Å². The maximum atomic E-state index is 4.72. The van der Waals surface area contributed by atoms with Crippen LogP contribution in [0.4, 0.5) is 10.8 Å². The fourth-order valence-electron chi connectivity index (χ4n) is 2.86. The molecule has 1 aromatic carbocycles. The van der Waals surface area contributed by atoms with Crippen molar-refractivity contribution in [2.45, 2.75) is 39.2 Å². The van der Waals surface area contributed by atoms with E-state index >= 15 is 0 Å². The Morgan fingerprint density at radius 2 is 2.14 bits per heavy atom. The largest absolute Gasteiger partial charge is 0.381 e. The molecule has 0 radical (unpaired) electrons. The van der Waals surface area contributed by atoms with Crippen molar-refractivity contribution in [3.05, 3.63) is 36.2 Å². The molecule has 1 atom stereocenters. The second kappa shape index (κ2) is 7.09. The number of nitrogens with one attached hydrogen (secondary N) is 1. The molecule has 1 unspecified atom stereocenters. The quantitative estimate of drug-likeness (QED) is 0.910. The molecular formula is C17H24N4S. The molecular weight excluding hydrogens is 292 g/mol. The fraction of sp³-hybridized carbons (Fsp3) is 0.529. The third-order valence-corrected chi connectivity index (χ3v) is 4.70. The standard InChI is InChI=1S/C17H24N4S/c1-13(2)11-16-19-17(22-20-16)21-10-6-9-15(12-21)18-14-7-4-3-5-8-14/h3-5,7-8,13,15,18H,6,9-12H2,1-2H3. The number of piperidine rings is 1. The summed E-state index contributed by atoms with van der Waals surface area (Å²) in [6.07, 6.45) is 3.38. The summed E-state index contributed by atoms with van der Waals surface area (Å²) in [6.45, 7) is 6.51. The number of hydrogen-bond acceptors (Lipinski definition) is 5. The monoisotopic (exact) mass is 316 g/mol. The third kappa shape index (κ3) is 3.97. The van der Waals surface area contributed by atoms with Crippen molar-refractivity contribution in [3.63, 3.8) is 0 Å². The lowest BCUT2D eigenvalue weighted by atomic mass is 10.1. The first kappa shape index (κ1) is 15.3. The van der Waals surface area contributed by atoms with Crippen molar-refractivity contribution in [1.82, 2.24) is 9.36 Å². The third-order valence-electron chi connectivity index (χ3n) is 3.88. The molecule has 1 aliphatic heterocycles. The van der Waals surface area contributed by atoms with Gasteiger partial charge in [0.2, 0.25) is 5.13 Å². The Bertz CT molecular complexity index is 581. The van der Waals surface area contributed by atoms with E-state index in [1.165, 1.54) is 18.5 Å². The van der Waals surface area contributed by atoms with Crippen molar-refractivity contribution in [3.8, 4) is 0 Å². The van der Waals surface area contributed by atoms with E-state index in [0.29, 0.717) is 12.0 Å². The zero-order valence-corrected chi connectivity index (χ0v) is 14.1. The van der Waals surface area contributed by atoms with Crippen molar-refractivity contribution >= 4 is 22.4 Å². The van der Waals surface area contributed by atoms with Crippen LogP contribution in [-0.4, -0.2) is 28.5 Å². The smallest absolute Gasteiger partial charge is 0.205 e. The number of nitrogens with zero attached hydrogens (tertiary/aromatic N) is 3. The minimum atomic E-state index is 0.480.